The van der Waals surface area contributed by atoms with Crippen LogP contribution in [0.4, 0.5) is 0 Å². The number of halogens is 1. The average molecular weight is 501 g/mol. The molecule has 1 unspecified atom stereocenters. The molecule has 4 aromatic carbocycles. The van der Waals surface area contributed by atoms with Crippen molar-refractivity contribution in [2.45, 2.75) is 57.5 Å². The molecule has 0 aliphatic rings. The Labute approximate surface area is 219 Å². The van der Waals surface area contributed by atoms with Gasteiger partial charge >= 0.3 is 0 Å². The highest BCUT2D eigenvalue weighted by molar-refractivity contribution is 7.96. The molecule has 0 aliphatic carbocycles. The van der Waals surface area contributed by atoms with Gasteiger partial charge in [-0.1, -0.05) is 124 Å². The Morgan fingerprint density at radius 3 is 1.29 bits per heavy atom. The summed E-state index contributed by atoms with van der Waals surface area (Å²) in [6, 6.07) is 45.4. The van der Waals surface area contributed by atoms with Gasteiger partial charge in [0.2, 0.25) is 0 Å². The normalized spacial score (nSPS) is 12.0. The lowest BCUT2D eigenvalue weighted by atomic mass is 10.0. The molecule has 1 atom stereocenters. The number of benzene rings is 4. The average Bonchev–Trinajstić information content (AvgIpc) is 2.92. The first-order chi connectivity index (χ1) is 16.9. The molecule has 2 heteroatoms. The molecule has 182 valence electrons. The first-order valence-electron chi connectivity index (χ1n) is 13.0. The quantitative estimate of drug-likeness (QED) is 0.178. The third-order valence-corrected chi connectivity index (χ3v) is 11.8. The molecular formula is C33H38ClP. The fraction of sp³-hybridized carbons (Fsp3) is 0.273. The summed E-state index contributed by atoms with van der Waals surface area (Å²) in [7, 11) is -1.95. The lowest BCUT2D eigenvalue weighted by molar-refractivity contribution is -0.00000677. The van der Waals surface area contributed by atoms with E-state index in [0.717, 1.165) is 0 Å². The van der Waals surface area contributed by atoms with Gasteiger partial charge in [0.25, 0.3) is 0 Å². The molecule has 0 saturated carbocycles. The van der Waals surface area contributed by atoms with Crippen molar-refractivity contribution in [2.24, 2.45) is 0 Å². The van der Waals surface area contributed by atoms with Crippen LogP contribution in [0.2, 0.25) is 0 Å². The Morgan fingerprint density at radius 1 is 0.486 bits per heavy atom. The van der Waals surface area contributed by atoms with E-state index in [9.17, 15) is 0 Å². The Morgan fingerprint density at radius 2 is 0.857 bits per heavy atom. The maximum Gasteiger partial charge on any atom is 0.119 e. The van der Waals surface area contributed by atoms with Crippen LogP contribution in [-0.2, 0) is 0 Å². The van der Waals surface area contributed by atoms with Crippen LogP contribution >= 0.6 is 7.26 Å². The molecule has 0 nitrogen and oxygen atoms in total. The summed E-state index contributed by atoms with van der Waals surface area (Å²) < 4.78 is 0. The number of rotatable bonds is 12. The second-order valence-electron chi connectivity index (χ2n) is 9.21. The Hall–Kier alpha value is -2.40. The van der Waals surface area contributed by atoms with Crippen LogP contribution in [0.25, 0.3) is 0 Å². The van der Waals surface area contributed by atoms with E-state index in [1.807, 2.05) is 0 Å². The van der Waals surface area contributed by atoms with Crippen molar-refractivity contribution in [2.75, 3.05) is 0 Å². The molecule has 0 heterocycles. The molecule has 0 spiro atoms. The van der Waals surface area contributed by atoms with Gasteiger partial charge in [-0.2, -0.15) is 0 Å². The molecule has 0 saturated heterocycles. The van der Waals surface area contributed by atoms with Crippen molar-refractivity contribution in [3.05, 3.63) is 127 Å². The van der Waals surface area contributed by atoms with Crippen molar-refractivity contribution in [1.29, 1.82) is 0 Å². The van der Waals surface area contributed by atoms with E-state index in [1.165, 1.54) is 66.4 Å². The molecule has 35 heavy (non-hydrogen) atoms. The minimum Gasteiger partial charge on any atom is -1.00 e. The minimum atomic E-state index is -1.95. The fourth-order valence-electron chi connectivity index (χ4n) is 5.35. The van der Waals surface area contributed by atoms with Gasteiger partial charge in [0, 0.05) is 0 Å². The second kappa shape index (κ2) is 14.2. The highest BCUT2D eigenvalue weighted by atomic mass is 35.5. The first-order valence-corrected chi connectivity index (χ1v) is 14.8. The first kappa shape index (κ1) is 27.2. The molecule has 4 rings (SSSR count). The highest BCUT2D eigenvalue weighted by Gasteiger charge is 2.52. The summed E-state index contributed by atoms with van der Waals surface area (Å²) in [4.78, 5) is 0. The van der Waals surface area contributed by atoms with Crippen LogP contribution < -0.4 is 28.3 Å². The maximum atomic E-state index is 2.38. The molecule has 0 aromatic heterocycles. The summed E-state index contributed by atoms with van der Waals surface area (Å²) in [5.41, 5.74) is 1.92. The van der Waals surface area contributed by atoms with E-state index in [1.54, 1.807) is 0 Å². The minimum absolute atomic E-state index is 0. The lowest BCUT2D eigenvalue weighted by Crippen LogP contribution is -3.00. The van der Waals surface area contributed by atoms with Gasteiger partial charge in [-0.05, 0) is 54.8 Å². The zero-order valence-corrected chi connectivity index (χ0v) is 22.5. The van der Waals surface area contributed by atoms with Crippen molar-refractivity contribution < 1.29 is 12.4 Å². The van der Waals surface area contributed by atoms with Gasteiger partial charge in [0.05, 0.1) is 0 Å². The predicted molar refractivity (Wildman–Crippen MR) is 152 cm³/mol. The zero-order chi connectivity index (χ0) is 23.5. The lowest BCUT2D eigenvalue weighted by Gasteiger charge is -2.35. The summed E-state index contributed by atoms with van der Waals surface area (Å²) in [6.45, 7) is 2.30. The summed E-state index contributed by atoms with van der Waals surface area (Å²) in [5, 5.41) is 4.44. The highest BCUT2D eigenvalue weighted by Crippen LogP contribution is 2.68. The second-order valence-corrected chi connectivity index (χ2v) is 12.8. The summed E-state index contributed by atoms with van der Waals surface area (Å²) in [6.07, 6.45) is 9.18. The van der Waals surface area contributed by atoms with Crippen LogP contribution in [0.5, 0.6) is 0 Å². The van der Waals surface area contributed by atoms with Gasteiger partial charge in [-0.15, -0.1) is 0 Å². The number of hydrogen-bond donors (Lipinski definition) is 0. The van der Waals surface area contributed by atoms with E-state index in [4.69, 9.17) is 0 Å². The Bertz CT molecular complexity index is 984. The van der Waals surface area contributed by atoms with Crippen molar-refractivity contribution >= 4 is 23.2 Å². The van der Waals surface area contributed by atoms with Crippen LogP contribution in [0.3, 0.4) is 0 Å². The number of hydrogen-bond acceptors (Lipinski definition) is 0. The van der Waals surface area contributed by atoms with Gasteiger partial charge in [-0.25, -0.2) is 0 Å². The molecule has 0 amide bonds. The fourth-order valence-corrected chi connectivity index (χ4v) is 10.4. The summed E-state index contributed by atoms with van der Waals surface area (Å²) >= 11 is 0. The molecule has 0 bridgehead atoms. The van der Waals surface area contributed by atoms with E-state index in [-0.39, 0.29) is 12.4 Å². The van der Waals surface area contributed by atoms with Gasteiger partial charge in [0.1, 0.15) is 28.8 Å². The van der Waals surface area contributed by atoms with Gasteiger partial charge in [-0.3, -0.25) is 0 Å². The monoisotopic (exact) mass is 500 g/mol. The van der Waals surface area contributed by atoms with Crippen molar-refractivity contribution in [1.82, 2.24) is 0 Å². The molecule has 0 aliphatic heterocycles. The third kappa shape index (κ3) is 6.43. The van der Waals surface area contributed by atoms with Gasteiger partial charge in [0.15, 0.2) is 0 Å². The molecule has 0 radical (unpaired) electrons. The van der Waals surface area contributed by atoms with Crippen molar-refractivity contribution in [3.63, 3.8) is 0 Å². The van der Waals surface area contributed by atoms with Crippen LogP contribution in [0, 0.1) is 0 Å². The topological polar surface area (TPSA) is 0 Å². The van der Waals surface area contributed by atoms with Crippen LogP contribution in [-0.4, -0.2) is 0 Å². The molecule has 0 fully saturated rings. The maximum absolute atomic E-state index is 2.38. The summed E-state index contributed by atoms with van der Waals surface area (Å²) in [5.74, 6) is 0. The van der Waals surface area contributed by atoms with E-state index in [2.05, 4.69) is 128 Å². The molecule has 0 N–H and O–H groups in total. The van der Waals surface area contributed by atoms with E-state index in [0.29, 0.717) is 5.66 Å². The van der Waals surface area contributed by atoms with Crippen LogP contribution in [0.1, 0.15) is 63.1 Å². The van der Waals surface area contributed by atoms with Gasteiger partial charge < -0.3 is 12.4 Å². The predicted octanol–water partition coefficient (Wildman–Crippen LogP) is 5.48. The Kier molecular flexibility index (Phi) is 11.1. The van der Waals surface area contributed by atoms with E-state index >= 15 is 0 Å². The molecular weight excluding hydrogens is 463 g/mol. The number of unbranched alkanes of at least 4 members (excludes halogenated alkanes) is 5. The van der Waals surface area contributed by atoms with E-state index < -0.39 is 7.26 Å². The SMILES string of the molecule is CCCCCCCCC(c1ccccc1)[P+](c1ccccc1)(c1ccccc1)c1ccccc1.[Cl-]. The van der Waals surface area contributed by atoms with Crippen LogP contribution in [0.15, 0.2) is 121 Å². The van der Waals surface area contributed by atoms with Crippen molar-refractivity contribution in [3.8, 4) is 0 Å². The zero-order valence-electron chi connectivity index (χ0n) is 20.9. The largest absolute Gasteiger partial charge is 1.00 e. The molecule has 4 aromatic rings. The third-order valence-electron chi connectivity index (χ3n) is 6.97. The smallest absolute Gasteiger partial charge is 0.119 e. The standard InChI is InChI=1S/C33H38P.ClH/c1-2-3-4-5-6-19-28-33(29-20-11-7-12-21-29)34(30-22-13-8-14-23-30,31-24-15-9-16-25-31)32-26-17-10-18-27-32;/h7-18,20-27,33H,2-6,19,28H2,1H3;1H/q+1;/p-1. The Balaban J connectivity index is 0.00000342.